The molecule has 0 aromatic carbocycles. The lowest BCUT2D eigenvalue weighted by atomic mass is 10.1. The molecule has 3 aromatic rings. The summed E-state index contributed by atoms with van der Waals surface area (Å²) in [6.45, 7) is 4.27. The Morgan fingerprint density at radius 3 is 2.88 bits per heavy atom. The maximum atomic E-state index is 11.0. The molecule has 0 atom stereocenters. The molecule has 6 nitrogen and oxygen atoms in total. The van der Waals surface area contributed by atoms with Gasteiger partial charge >= 0.3 is 5.97 Å². The molecule has 6 heteroatoms. The molecule has 0 saturated heterocycles. The van der Waals surface area contributed by atoms with Gasteiger partial charge in [0, 0.05) is 29.5 Å². The molecule has 0 spiro atoms. The third-order valence-corrected chi connectivity index (χ3v) is 3.94. The number of rotatable bonds is 4. The van der Waals surface area contributed by atoms with Gasteiger partial charge < -0.3 is 9.67 Å². The molecule has 0 aliphatic heterocycles. The third kappa shape index (κ3) is 3.12. The Labute approximate surface area is 144 Å². The van der Waals surface area contributed by atoms with Crippen molar-refractivity contribution in [1.29, 1.82) is 5.26 Å². The van der Waals surface area contributed by atoms with Crippen molar-refractivity contribution in [3.8, 4) is 6.07 Å². The topological polar surface area (TPSA) is 91.8 Å². The van der Waals surface area contributed by atoms with Gasteiger partial charge in [0.1, 0.15) is 11.7 Å². The number of hydrogen-bond donors (Lipinski definition) is 1. The highest BCUT2D eigenvalue weighted by molar-refractivity contribution is 5.93. The highest BCUT2D eigenvalue weighted by Crippen LogP contribution is 2.29. The van der Waals surface area contributed by atoms with Crippen LogP contribution >= 0.6 is 0 Å². The summed E-state index contributed by atoms with van der Waals surface area (Å²) in [5.41, 5.74) is 4.35. The first-order chi connectivity index (χ1) is 12.0. The van der Waals surface area contributed by atoms with Crippen LogP contribution in [-0.2, 0) is 11.3 Å². The first kappa shape index (κ1) is 16.4. The molecule has 124 valence electrons. The van der Waals surface area contributed by atoms with Crippen LogP contribution in [0.4, 0.5) is 0 Å². The van der Waals surface area contributed by atoms with Crippen LogP contribution in [0.2, 0.25) is 0 Å². The average Bonchev–Trinajstić information content (AvgIpc) is 2.87. The van der Waals surface area contributed by atoms with Crippen molar-refractivity contribution in [2.45, 2.75) is 20.4 Å². The zero-order chi connectivity index (χ0) is 18.0. The summed E-state index contributed by atoms with van der Waals surface area (Å²) < 4.78 is 1.87. The molecule has 25 heavy (non-hydrogen) atoms. The van der Waals surface area contributed by atoms with E-state index in [-0.39, 0.29) is 0 Å². The molecule has 3 heterocycles. The van der Waals surface area contributed by atoms with Gasteiger partial charge in [-0.25, -0.2) is 9.78 Å². The van der Waals surface area contributed by atoms with Gasteiger partial charge in [-0.05, 0) is 43.2 Å². The standard InChI is InChI=1S/C19H16N4O2/c1-12-8-13(2)22-19-18(12)15(9-20)16(5-6-17(24)25)23(19)11-14-4-3-7-21-10-14/h3-8,10H,11H2,1-2H3,(H,24,25)/b6-5+. The number of aryl methyl sites for hydroxylation is 2. The summed E-state index contributed by atoms with van der Waals surface area (Å²) in [7, 11) is 0. The number of nitriles is 1. The van der Waals surface area contributed by atoms with Gasteiger partial charge in [-0.2, -0.15) is 5.26 Å². The van der Waals surface area contributed by atoms with Crippen LogP contribution in [0.25, 0.3) is 17.1 Å². The predicted molar refractivity (Wildman–Crippen MR) is 93.9 cm³/mol. The third-order valence-electron chi connectivity index (χ3n) is 3.94. The van der Waals surface area contributed by atoms with Gasteiger partial charge in [-0.15, -0.1) is 0 Å². The summed E-state index contributed by atoms with van der Waals surface area (Å²) in [5.74, 6) is -1.07. The molecule has 0 aliphatic carbocycles. The van der Waals surface area contributed by atoms with Crippen molar-refractivity contribution in [1.82, 2.24) is 14.5 Å². The lowest BCUT2D eigenvalue weighted by Crippen LogP contribution is -2.04. The molecule has 1 N–H and O–H groups in total. The fraction of sp³-hybridized carbons (Fsp3) is 0.158. The lowest BCUT2D eigenvalue weighted by molar-refractivity contribution is -0.131. The van der Waals surface area contributed by atoms with Crippen molar-refractivity contribution in [2.24, 2.45) is 0 Å². The number of aliphatic carboxylic acids is 1. The van der Waals surface area contributed by atoms with E-state index in [9.17, 15) is 10.1 Å². The lowest BCUT2D eigenvalue weighted by Gasteiger charge is -2.08. The number of carboxylic acids is 1. The highest BCUT2D eigenvalue weighted by Gasteiger charge is 2.19. The van der Waals surface area contributed by atoms with Crippen molar-refractivity contribution in [3.63, 3.8) is 0 Å². The van der Waals surface area contributed by atoms with Crippen LogP contribution in [0.5, 0.6) is 0 Å². The fourth-order valence-electron chi connectivity index (χ4n) is 2.97. The van der Waals surface area contributed by atoms with Gasteiger partial charge in [-0.1, -0.05) is 6.07 Å². The Morgan fingerprint density at radius 1 is 1.44 bits per heavy atom. The van der Waals surface area contributed by atoms with Gasteiger partial charge in [0.25, 0.3) is 0 Å². The second-order valence-electron chi connectivity index (χ2n) is 5.77. The summed E-state index contributed by atoms with van der Waals surface area (Å²) >= 11 is 0. The number of pyridine rings is 2. The highest BCUT2D eigenvalue weighted by atomic mass is 16.4. The SMILES string of the molecule is Cc1cc(C)c2c(C#N)c(/C=C/C(=O)O)n(Cc3cccnc3)c2n1. The van der Waals surface area contributed by atoms with Crippen molar-refractivity contribution in [2.75, 3.05) is 0 Å². The smallest absolute Gasteiger partial charge is 0.328 e. The molecule has 0 fully saturated rings. The number of hydrogen-bond acceptors (Lipinski definition) is 4. The zero-order valence-corrected chi connectivity index (χ0v) is 13.9. The van der Waals surface area contributed by atoms with E-state index in [0.29, 0.717) is 23.4 Å². The van der Waals surface area contributed by atoms with E-state index in [0.717, 1.165) is 28.3 Å². The molecule has 0 radical (unpaired) electrons. The van der Waals surface area contributed by atoms with Crippen LogP contribution in [0.15, 0.2) is 36.7 Å². The first-order valence-electron chi connectivity index (χ1n) is 7.71. The van der Waals surface area contributed by atoms with E-state index in [1.54, 1.807) is 12.4 Å². The maximum absolute atomic E-state index is 11.0. The van der Waals surface area contributed by atoms with E-state index in [2.05, 4.69) is 16.0 Å². The molecule has 0 bridgehead atoms. The Morgan fingerprint density at radius 2 is 2.24 bits per heavy atom. The van der Waals surface area contributed by atoms with Gasteiger partial charge in [-0.3, -0.25) is 4.98 Å². The van der Waals surface area contributed by atoms with E-state index in [1.807, 2.05) is 36.6 Å². The minimum atomic E-state index is -1.07. The number of nitrogens with zero attached hydrogens (tertiary/aromatic N) is 4. The molecular formula is C19H16N4O2. The Bertz CT molecular complexity index is 1030. The second kappa shape index (κ2) is 6.57. The molecule has 0 unspecified atom stereocenters. The molecule has 0 saturated carbocycles. The van der Waals surface area contributed by atoms with Crippen LogP contribution in [-0.4, -0.2) is 25.6 Å². The van der Waals surface area contributed by atoms with E-state index < -0.39 is 5.97 Å². The monoisotopic (exact) mass is 332 g/mol. The molecule has 0 amide bonds. The summed E-state index contributed by atoms with van der Waals surface area (Å²) in [5, 5.41) is 19.4. The molecule has 3 aromatic heterocycles. The predicted octanol–water partition coefficient (Wildman–Crippen LogP) is 3.07. The number of carbonyl (C=O) groups is 1. The van der Waals surface area contributed by atoms with Crippen LogP contribution in [0.1, 0.15) is 28.1 Å². The maximum Gasteiger partial charge on any atom is 0.328 e. The van der Waals surface area contributed by atoms with Gasteiger partial charge in [0.2, 0.25) is 0 Å². The largest absolute Gasteiger partial charge is 0.478 e. The Balaban J connectivity index is 2.33. The van der Waals surface area contributed by atoms with E-state index >= 15 is 0 Å². The van der Waals surface area contributed by atoms with E-state index in [1.165, 1.54) is 6.08 Å². The Hall–Kier alpha value is -3.46. The minimum Gasteiger partial charge on any atom is -0.478 e. The minimum absolute atomic E-state index is 0.432. The normalized spacial score (nSPS) is 11.1. The fourth-order valence-corrected chi connectivity index (χ4v) is 2.97. The average molecular weight is 332 g/mol. The Kier molecular flexibility index (Phi) is 4.31. The van der Waals surface area contributed by atoms with Crippen LogP contribution in [0, 0.1) is 25.2 Å². The number of aromatic nitrogens is 3. The van der Waals surface area contributed by atoms with Crippen molar-refractivity contribution >= 4 is 23.1 Å². The summed E-state index contributed by atoms with van der Waals surface area (Å²) in [6, 6.07) is 7.89. The van der Waals surface area contributed by atoms with Crippen molar-refractivity contribution in [3.05, 3.63) is 64.7 Å². The number of fused-ring (bicyclic) bond motifs is 1. The van der Waals surface area contributed by atoms with Crippen molar-refractivity contribution < 1.29 is 9.90 Å². The number of carboxylic acid groups (broad SMARTS) is 1. The summed E-state index contributed by atoms with van der Waals surface area (Å²) in [4.78, 5) is 19.7. The molecule has 0 aliphatic rings. The van der Waals surface area contributed by atoms with Gasteiger partial charge in [0.05, 0.1) is 17.8 Å². The van der Waals surface area contributed by atoms with Gasteiger partial charge in [0.15, 0.2) is 0 Å². The van der Waals surface area contributed by atoms with Crippen LogP contribution < -0.4 is 0 Å². The molecule has 3 rings (SSSR count). The first-order valence-corrected chi connectivity index (χ1v) is 7.71. The molecular weight excluding hydrogens is 316 g/mol. The quantitative estimate of drug-likeness (QED) is 0.741. The van der Waals surface area contributed by atoms with E-state index in [4.69, 9.17) is 5.11 Å². The summed E-state index contributed by atoms with van der Waals surface area (Å²) in [6.07, 6.45) is 5.92. The zero-order valence-electron chi connectivity index (χ0n) is 13.9. The second-order valence-corrected chi connectivity index (χ2v) is 5.77. The van der Waals surface area contributed by atoms with Crippen LogP contribution in [0.3, 0.4) is 0 Å².